The Labute approximate surface area is 210 Å². The van der Waals surface area contributed by atoms with Gasteiger partial charge in [-0.3, -0.25) is 14.5 Å². The zero-order valence-corrected chi connectivity index (χ0v) is 20.6. The number of amides is 2. The summed E-state index contributed by atoms with van der Waals surface area (Å²) in [4.78, 5) is 31.3. The fourth-order valence-electron chi connectivity index (χ4n) is 4.81. The molecule has 0 saturated heterocycles. The van der Waals surface area contributed by atoms with E-state index < -0.39 is 11.9 Å². The van der Waals surface area contributed by atoms with Crippen LogP contribution in [-0.2, 0) is 4.79 Å². The van der Waals surface area contributed by atoms with Gasteiger partial charge < -0.3 is 24.1 Å². The predicted octanol–water partition coefficient (Wildman–Crippen LogP) is 4.56. The van der Waals surface area contributed by atoms with Crippen molar-refractivity contribution >= 4 is 23.2 Å². The number of carbonyl (C=O) groups excluding carboxylic acids is 2. The second-order valence-electron chi connectivity index (χ2n) is 9.36. The normalized spacial score (nSPS) is 15.8. The number of nitrogens with zero attached hydrogens (tertiary/aromatic N) is 2. The monoisotopic (exact) mass is 489 g/mol. The molecule has 0 spiro atoms. The molecule has 0 unspecified atom stereocenters. The topological polar surface area (TPSA) is 84.3 Å². The first-order valence-electron chi connectivity index (χ1n) is 12.4. The average Bonchev–Trinajstić information content (AvgIpc) is 3.61. The van der Waals surface area contributed by atoms with Crippen LogP contribution in [0.4, 0.5) is 11.4 Å². The predicted molar refractivity (Wildman–Crippen MR) is 137 cm³/mol. The minimum Gasteiger partial charge on any atom is -0.486 e. The molecule has 0 radical (unpaired) electrons. The van der Waals surface area contributed by atoms with Gasteiger partial charge >= 0.3 is 0 Å². The first-order valence-corrected chi connectivity index (χ1v) is 12.4. The summed E-state index contributed by atoms with van der Waals surface area (Å²) in [7, 11) is 3.92. The van der Waals surface area contributed by atoms with E-state index in [1.165, 1.54) is 11.2 Å². The fraction of sp³-hybridized carbons (Fsp3) is 0.357. The third-order valence-electron chi connectivity index (χ3n) is 6.69. The Morgan fingerprint density at radius 3 is 2.28 bits per heavy atom. The van der Waals surface area contributed by atoms with E-state index in [1.54, 1.807) is 30.3 Å². The number of hydrogen-bond acceptors (Lipinski definition) is 6. The number of ether oxygens (including phenoxy) is 2. The van der Waals surface area contributed by atoms with Crippen molar-refractivity contribution in [1.29, 1.82) is 0 Å². The Hall–Kier alpha value is -3.94. The molecular formula is C28H31N3O5. The Kier molecular flexibility index (Phi) is 6.84. The summed E-state index contributed by atoms with van der Waals surface area (Å²) in [6.07, 6.45) is 5.51. The number of benzene rings is 2. The number of hydrogen-bond donors (Lipinski definition) is 1. The molecule has 0 bridgehead atoms. The van der Waals surface area contributed by atoms with Crippen molar-refractivity contribution in [2.75, 3.05) is 37.1 Å². The van der Waals surface area contributed by atoms with Crippen molar-refractivity contribution in [3.05, 3.63) is 72.2 Å². The molecule has 1 saturated carbocycles. The van der Waals surface area contributed by atoms with E-state index in [4.69, 9.17) is 13.9 Å². The van der Waals surface area contributed by atoms with Gasteiger partial charge in [0.2, 0.25) is 5.91 Å². The standard InChI is InChI=1S/C28H31N3O5/c1-30(2)21-11-9-19(10-12-21)26(27(32)29-20-6-3-4-7-20)31(28(33)24-8-5-15-34-24)22-13-14-23-25(18-22)36-17-16-35-23/h5,8-15,18,20,26H,3-4,6-7,16-17H2,1-2H3,(H,29,32)/t26-/m0/s1. The van der Waals surface area contributed by atoms with Crippen LogP contribution in [0.1, 0.15) is 47.8 Å². The molecular weight excluding hydrogens is 458 g/mol. The van der Waals surface area contributed by atoms with E-state index in [9.17, 15) is 9.59 Å². The number of nitrogens with one attached hydrogen (secondary N) is 1. The lowest BCUT2D eigenvalue weighted by Gasteiger charge is -2.32. The summed E-state index contributed by atoms with van der Waals surface area (Å²) < 4.78 is 16.9. The summed E-state index contributed by atoms with van der Waals surface area (Å²) in [5.74, 6) is 0.647. The molecule has 8 heteroatoms. The summed E-state index contributed by atoms with van der Waals surface area (Å²) in [5.41, 5.74) is 2.21. The summed E-state index contributed by atoms with van der Waals surface area (Å²) in [6, 6.07) is 15.4. The second-order valence-corrected chi connectivity index (χ2v) is 9.36. The van der Waals surface area contributed by atoms with Crippen LogP contribution >= 0.6 is 0 Å². The minimum absolute atomic E-state index is 0.0990. The van der Waals surface area contributed by atoms with E-state index in [2.05, 4.69) is 5.32 Å². The second kappa shape index (κ2) is 10.4. The van der Waals surface area contributed by atoms with E-state index >= 15 is 0 Å². The van der Waals surface area contributed by atoms with Crippen LogP contribution < -0.4 is 24.6 Å². The molecule has 2 aliphatic rings. The van der Waals surface area contributed by atoms with Gasteiger partial charge in [0, 0.05) is 37.6 Å². The van der Waals surface area contributed by atoms with Crippen LogP contribution in [-0.4, -0.2) is 45.2 Å². The van der Waals surface area contributed by atoms with Gasteiger partial charge in [0.1, 0.15) is 19.3 Å². The highest BCUT2D eigenvalue weighted by Crippen LogP contribution is 2.38. The SMILES string of the molecule is CN(C)c1ccc([C@@H](C(=O)NC2CCCC2)N(C(=O)c2ccco2)c2ccc3c(c2)OCCO3)cc1. The maximum Gasteiger partial charge on any atom is 0.294 e. The van der Waals surface area contributed by atoms with Crippen LogP contribution in [0, 0.1) is 0 Å². The molecule has 1 fully saturated rings. The van der Waals surface area contributed by atoms with Crippen molar-refractivity contribution < 1.29 is 23.5 Å². The third-order valence-corrected chi connectivity index (χ3v) is 6.69. The Balaban J connectivity index is 1.60. The Morgan fingerprint density at radius 2 is 1.61 bits per heavy atom. The molecule has 1 N–H and O–H groups in total. The van der Waals surface area contributed by atoms with E-state index in [-0.39, 0.29) is 17.7 Å². The summed E-state index contributed by atoms with van der Waals surface area (Å²) in [6.45, 7) is 0.881. The number of fused-ring (bicyclic) bond motifs is 1. The number of carbonyl (C=O) groups is 2. The first-order chi connectivity index (χ1) is 17.5. The molecule has 2 amide bonds. The smallest absolute Gasteiger partial charge is 0.294 e. The quantitative estimate of drug-likeness (QED) is 0.524. The van der Waals surface area contributed by atoms with E-state index in [1.807, 2.05) is 43.3 Å². The molecule has 1 aliphatic carbocycles. The van der Waals surface area contributed by atoms with Gasteiger partial charge in [0.25, 0.3) is 5.91 Å². The molecule has 3 aromatic rings. The lowest BCUT2D eigenvalue weighted by Crippen LogP contribution is -2.46. The lowest BCUT2D eigenvalue weighted by atomic mass is 10.0. The van der Waals surface area contributed by atoms with Gasteiger partial charge in [0.05, 0.1) is 6.26 Å². The molecule has 188 valence electrons. The van der Waals surface area contributed by atoms with Crippen LogP contribution in [0.15, 0.2) is 65.3 Å². The van der Waals surface area contributed by atoms with Crippen LogP contribution in [0.5, 0.6) is 11.5 Å². The number of anilines is 2. The highest BCUT2D eigenvalue weighted by Gasteiger charge is 2.36. The largest absolute Gasteiger partial charge is 0.486 e. The lowest BCUT2D eigenvalue weighted by molar-refractivity contribution is -0.123. The molecule has 36 heavy (non-hydrogen) atoms. The highest BCUT2D eigenvalue weighted by atomic mass is 16.6. The van der Waals surface area contributed by atoms with E-state index in [0.717, 1.165) is 31.4 Å². The third kappa shape index (κ3) is 4.89. The first kappa shape index (κ1) is 23.8. The van der Waals surface area contributed by atoms with Crippen molar-refractivity contribution in [3.8, 4) is 11.5 Å². The van der Waals surface area contributed by atoms with Gasteiger partial charge in [-0.25, -0.2) is 0 Å². The van der Waals surface area contributed by atoms with Gasteiger partial charge in [-0.05, 0) is 54.8 Å². The van der Waals surface area contributed by atoms with Crippen LogP contribution in [0.3, 0.4) is 0 Å². The van der Waals surface area contributed by atoms with Gasteiger partial charge in [-0.15, -0.1) is 0 Å². The molecule has 5 rings (SSSR count). The number of furan rings is 1. The maximum absolute atomic E-state index is 13.9. The molecule has 2 aromatic carbocycles. The minimum atomic E-state index is -0.915. The number of rotatable bonds is 7. The molecule has 2 heterocycles. The summed E-state index contributed by atoms with van der Waals surface area (Å²) >= 11 is 0. The highest BCUT2D eigenvalue weighted by molar-refractivity contribution is 6.09. The Morgan fingerprint density at radius 1 is 0.917 bits per heavy atom. The van der Waals surface area contributed by atoms with E-state index in [0.29, 0.717) is 36.0 Å². The van der Waals surface area contributed by atoms with Gasteiger partial charge in [-0.2, -0.15) is 0 Å². The van der Waals surface area contributed by atoms with Crippen LogP contribution in [0.25, 0.3) is 0 Å². The molecule has 1 aliphatic heterocycles. The van der Waals surface area contributed by atoms with Gasteiger partial charge in [0.15, 0.2) is 17.3 Å². The molecule has 8 nitrogen and oxygen atoms in total. The van der Waals surface area contributed by atoms with Crippen LogP contribution in [0.2, 0.25) is 0 Å². The van der Waals surface area contributed by atoms with Gasteiger partial charge in [-0.1, -0.05) is 25.0 Å². The molecule has 1 atom stereocenters. The fourth-order valence-corrected chi connectivity index (χ4v) is 4.81. The Bertz CT molecular complexity index is 1200. The van der Waals surface area contributed by atoms with Crippen molar-refractivity contribution in [2.24, 2.45) is 0 Å². The summed E-state index contributed by atoms with van der Waals surface area (Å²) in [5, 5.41) is 3.20. The molecule has 1 aromatic heterocycles. The maximum atomic E-state index is 13.9. The van der Waals surface area contributed by atoms with Crippen molar-refractivity contribution in [2.45, 2.75) is 37.8 Å². The zero-order chi connectivity index (χ0) is 25.1. The van der Waals surface area contributed by atoms with Crippen molar-refractivity contribution in [1.82, 2.24) is 5.32 Å². The average molecular weight is 490 g/mol. The van der Waals surface area contributed by atoms with Crippen molar-refractivity contribution in [3.63, 3.8) is 0 Å². The zero-order valence-electron chi connectivity index (χ0n) is 20.6.